The molecule has 0 unspecified atom stereocenters. The molecule has 2 rings (SSSR count). The predicted octanol–water partition coefficient (Wildman–Crippen LogP) is 6.96. The second kappa shape index (κ2) is 13.0. The highest BCUT2D eigenvalue weighted by atomic mass is 79.9. The van der Waals surface area contributed by atoms with Crippen LogP contribution in [0, 0.1) is 6.92 Å². The zero-order valence-corrected chi connectivity index (χ0v) is 19.6. The number of aryl methyl sites for hydroxylation is 1. The lowest BCUT2D eigenvalue weighted by Crippen LogP contribution is -2.21. The van der Waals surface area contributed by atoms with Gasteiger partial charge >= 0.3 is 5.97 Å². The summed E-state index contributed by atoms with van der Waals surface area (Å²) in [6, 6.07) is 14.8. The number of ether oxygens (including phenoxy) is 1. The van der Waals surface area contributed by atoms with E-state index in [0.717, 1.165) is 29.6 Å². The standard InChI is InChI=1S/C21H26BrNO.C3H6O2/c1-5-6-7-17(3)23(15-18-8-10-19(22)11-9-18)21-13-12-20(24-4)14-16(21)2;1-2-3(4)5/h7-14H,5-6,15H2,1-4H3;2H2,1H3,(H,4,5)/b17-7+;. The van der Waals surface area contributed by atoms with Crippen molar-refractivity contribution >= 4 is 27.6 Å². The number of nitrogens with zero attached hydrogens (tertiary/aromatic N) is 1. The van der Waals surface area contributed by atoms with E-state index >= 15 is 0 Å². The predicted molar refractivity (Wildman–Crippen MR) is 125 cm³/mol. The number of allylic oxidation sites excluding steroid dienone is 2. The Bertz CT molecular complexity index is 800. The number of anilines is 1. The van der Waals surface area contributed by atoms with Gasteiger partial charge in [0.25, 0.3) is 0 Å². The van der Waals surface area contributed by atoms with Gasteiger partial charge in [-0.1, -0.05) is 54.4 Å². The van der Waals surface area contributed by atoms with Crippen LogP contribution in [0.1, 0.15) is 51.2 Å². The third kappa shape index (κ3) is 8.73. The zero-order chi connectivity index (χ0) is 21.8. The number of carbonyl (C=O) groups is 1. The van der Waals surface area contributed by atoms with Gasteiger partial charge in [-0.3, -0.25) is 4.79 Å². The smallest absolute Gasteiger partial charge is 0.303 e. The SMILES string of the molecule is CCC(=O)O.CCC/C=C(\C)N(Cc1ccc(Br)cc1)c1ccc(OC)cc1C. The van der Waals surface area contributed by atoms with Gasteiger partial charge in [-0.05, 0) is 61.7 Å². The van der Waals surface area contributed by atoms with E-state index in [9.17, 15) is 4.79 Å². The van der Waals surface area contributed by atoms with E-state index in [1.165, 1.54) is 22.5 Å². The van der Waals surface area contributed by atoms with E-state index in [-0.39, 0.29) is 6.42 Å². The van der Waals surface area contributed by atoms with E-state index in [1.54, 1.807) is 14.0 Å². The van der Waals surface area contributed by atoms with Gasteiger partial charge < -0.3 is 14.7 Å². The summed E-state index contributed by atoms with van der Waals surface area (Å²) < 4.78 is 6.46. The molecule has 0 spiro atoms. The van der Waals surface area contributed by atoms with Crippen molar-refractivity contribution in [2.45, 2.75) is 53.5 Å². The van der Waals surface area contributed by atoms with E-state index in [1.807, 2.05) is 6.07 Å². The molecule has 0 aromatic heterocycles. The maximum atomic E-state index is 9.37. The fraction of sp³-hybridized carbons (Fsp3) is 0.375. The monoisotopic (exact) mass is 461 g/mol. The minimum atomic E-state index is -0.745. The molecule has 0 fully saturated rings. The minimum Gasteiger partial charge on any atom is -0.497 e. The molecular formula is C24H32BrNO3. The number of hydrogen-bond acceptors (Lipinski definition) is 3. The van der Waals surface area contributed by atoms with Crippen molar-refractivity contribution in [3.63, 3.8) is 0 Å². The van der Waals surface area contributed by atoms with E-state index in [4.69, 9.17) is 9.84 Å². The van der Waals surface area contributed by atoms with Crippen molar-refractivity contribution in [3.05, 3.63) is 69.8 Å². The van der Waals surface area contributed by atoms with Gasteiger partial charge in [0.2, 0.25) is 0 Å². The van der Waals surface area contributed by atoms with Crippen molar-refractivity contribution in [3.8, 4) is 5.75 Å². The molecule has 2 aromatic rings. The maximum Gasteiger partial charge on any atom is 0.303 e. The molecule has 4 nitrogen and oxygen atoms in total. The molecule has 0 aliphatic rings. The second-order valence-electron chi connectivity index (χ2n) is 6.75. The Morgan fingerprint density at radius 1 is 1.17 bits per heavy atom. The summed E-state index contributed by atoms with van der Waals surface area (Å²) in [6.07, 6.45) is 4.80. The van der Waals surface area contributed by atoms with Crippen LogP contribution in [0.2, 0.25) is 0 Å². The third-order valence-corrected chi connectivity index (χ3v) is 4.93. The van der Waals surface area contributed by atoms with Gasteiger partial charge in [-0.15, -0.1) is 0 Å². The quantitative estimate of drug-likeness (QED) is 0.461. The Balaban J connectivity index is 0.000000749. The molecule has 0 bridgehead atoms. The number of benzene rings is 2. The summed E-state index contributed by atoms with van der Waals surface area (Å²) in [4.78, 5) is 11.8. The van der Waals surface area contributed by atoms with Crippen LogP contribution >= 0.6 is 15.9 Å². The van der Waals surface area contributed by atoms with Crippen LogP contribution in [-0.4, -0.2) is 18.2 Å². The topological polar surface area (TPSA) is 49.8 Å². The molecular weight excluding hydrogens is 430 g/mol. The number of methoxy groups -OCH3 is 1. The summed E-state index contributed by atoms with van der Waals surface area (Å²) in [5.74, 6) is 0.153. The molecule has 0 atom stereocenters. The molecule has 0 aliphatic carbocycles. The molecule has 0 heterocycles. The molecule has 0 saturated carbocycles. The highest BCUT2D eigenvalue weighted by Crippen LogP contribution is 2.29. The molecule has 5 heteroatoms. The fourth-order valence-corrected chi connectivity index (χ4v) is 2.96. The lowest BCUT2D eigenvalue weighted by molar-refractivity contribution is -0.136. The largest absolute Gasteiger partial charge is 0.497 e. The first kappa shape index (κ1) is 24.8. The number of carboxylic acids is 1. The lowest BCUT2D eigenvalue weighted by atomic mass is 10.1. The molecule has 0 amide bonds. The second-order valence-corrected chi connectivity index (χ2v) is 7.66. The normalized spacial score (nSPS) is 10.8. The van der Waals surface area contributed by atoms with Crippen molar-refractivity contribution in [2.24, 2.45) is 0 Å². The Morgan fingerprint density at radius 3 is 2.28 bits per heavy atom. The number of hydrogen-bond donors (Lipinski definition) is 1. The fourth-order valence-electron chi connectivity index (χ4n) is 2.69. The van der Waals surface area contributed by atoms with Crippen LogP contribution in [0.5, 0.6) is 5.75 Å². The van der Waals surface area contributed by atoms with E-state index in [2.05, 4.69) is 84.1 Å². The molecule has 29 heavy (non-hydrogen) atoms. The molecule has 1 N–H and O–H groups in total. The first-order valence-electron chi connectivity index (χ1n) is 9.87. The molecule has 0 radical (unpaired) electrons. The number of halogens is 1. The van der Waals surface area contributed by atoms with Crippen LogP contribution < -0.4 is 9.64 Å². The summed E-state index contributed by atoms with van der Waals surface area (Å²) in [5, 5.41) is 7.72. The molecule has 158 valence electrons. The summed E-state index contributed by atoms with van der Waals surface area (Å²) >= 11 is 3.51. The summed E-state index contributed by atoms with van der Waals surface area (Å²) in [6.45, 7) is 8.99. The first-order valence-corrected chi connectivity index (χ1v) is 10.7. The Morgan fingerprint density at radius 2 is 1.79 bits per heavy atom. The van der Waals surface area contributed by atoms with Gasteiger partial charge in [0.05, 0.1) is 7.11 Å². The van der Waals surface area contributed by atoms with Gasteiger partial charge in [0.1, 0.15) is 5.75 Å². The van der Waals surface area contributed by atoms with Crippen molar-refractivity contribution < 1.29 is 14.6 Å². The Kier molecular flexibility index (Phi) is 11.1. The maximum absolute atomic E-state index is 9.37. The van der Waals surface area contributed by atoms with Gasteiger partial charge in [0.15, 0.2) is 0 Å². The van der Waals surface area contributed by atoms with E-state index in [0.29, 0.717) is 0 Å². The average molecular weight is 462 g/mol. The Labute approximate surface area is 183 Å². The average Bonchev–Trinajstić information content (AvgIpc) is 2.72. The van der Waals surface area contributed by atoms with Crippen molar-refractivity contribution in [2.75, 3.05) is 12.0 Å². The van der Waals surface area contributed by atoms with Crippen LogP contribution in [0.4, 0.5) is 5.69 Å². The van der Waals surface area contributed by atoms with Crippen LogP contribution in [-0.2, 0) is 11.3 Å². The zero-order valence-electron chi connectivity index (χ0n) is 18.0. The summed E-state index contributed by atoms with van der Waals surface area (Å²) in [7, 11) is 1.71. The number of rotatable bonds is 8. The number of unbranched alkanes of at least 4 members (excludes halogenated alkanes) is 1. The summed E-state index contributed by atoms with van der Waals surface area (Å²) in [5.41, 5.74) is 5.02. The minimum absolute atomic E-state index is 0.222. The van der Waals surface area contributed by atoms with Crippen molar-refractivity contribution in [1.29, 1.82) is 0 Å². The Hall–Kier alpha value is -2.27. The van der Waals surface area contributed by atoms with Crippen molar-refractivity contribution in [1.82, 2.24) is 0 Å². The van der Waals surface area contributed by atoms with Gasteiger partial charge in [0, 0.05) is 28.8 Å². The van der Waals surface area contributed by atoms with Crippen LogP contribution in [0.25, 0.3) is 0 Å². The molecule has 0 saturated heterocycles. The van der Waals surface area contributed by atoms with Gasteiger partial charge in [-0.25, -0.2) is 0 Å². The lowest BCUT2D eigenvalue weighted by Gasteiger charge is -2.28. The molecule has 2 aromatic carbocycles. The number of aliphatic carboxylic acids is 1. The highest BCUT2D eigenvalue weighted by molar-refractivity contribution is 9.10. The molecule has 0 aliphatic heterocycles. The van der Waals surface area contributed by atoms with Crippen LogP contribution in [0.15, 0.2) is 58.7 Å². The highest BCUT2D eigenvalue weighted by Gasteiger charge is 2.13. The number of carboxylic acid groups (broad SMARTS) is 1. The first-order chi connectivity index (χ1) is 13.8. The van der Waals surface area contributed by atoms with E-state index < -0.39 is 5.97 Å². The van der Waals surface area contributed by atoms with Crippen LogP contribution in [0.3, 0.4) is 0 Å². The third-order valence-electron chi connectivity index (χ3n) is 4.41. The van der Waals surface area contributed by atoms with Gasteiger partial charge in [-0.2, -0.15) is 0 Å².